The highest BCUT2D eigenvalue weighted by Crippen LogP contribution is 2.38. The molecule has 2 heterocycles. The third kappa shape index (κ3) is 3.91. The van der Waals surface area contributed by atoms with Gasteiger partial charge in [-0.2, -0.15) is 0 Å². The Bertz CT molecular complexity index is 1020. The van der Waals surface area contributed by atoms with Crippen LogP contribution in [0.2, 0.25) is 0 Å². The molecule has 1 unspecified atom stereocenters. The van der Waals surface area contributed by atoms with Crippen molar-refractivity contribution in [2.24, 2.45) is 5.41 Å². The number of hydrogen-bond donors (Lipinski definition) is 1. The number of benzene rings is 1. The van der Waals surface area contributed by atoms with Crippen LogP contribution in [-0.4, -0.2) is 33.7 Å². The van der Waals surface area contributed by atoms with Gasteiger partial charge in [0.25, 0.3) is 0 Å². The second-order valence-corrected chi connectivity index (χ2v) is 8.35. The molecule has 1 aromatic carbocycles. The number of nitrogens with zero attached hydrogens (tertiary/aromatic N) is 2. The molecule has 0 radical (unpaired) electrons. The van der Waals surface area contributed by atoms with E-state index in [-0.39, 0.29) is 5.76 Å². The number of carbonyl (C=O) groups excluding carboxylic acids is 1. The first-order chi connectivity index (χ1) is 13.2. The van der Waals surface area contributed by atoms with Gasteiger partial charge < -0.3 is 18.8 Å². The Morgan fingerprint density at radius 2 is 1.96 bits per heavy atom. The average Bonchev–Trinajstić information content (AvgIpc) is 3.23. The van der Waals surface area contributed by atoms with Crippen LogP contribution in [0, 0.1) is 5.41 Å². The second-order valence-electron chi connectivity index (χ2n) is 7.41. The van der Waals surface area contributed by atoms with E-state index < -0.39 is 23.4 Å². The normalized spacial score (nSPS) is 12.9. The van der Waals surface area contributed by atoms with Gasteiger partial charge in [0.1, 0.15) is 11.8 Å². The van der Waals surface area contributed by atoms with Crippen molar-refractivity contribution < 1.29 is 23.8 Å². The maximum absolute atomic E-state index is 12.1. The Hall–Kier alpha value is -2.74. The first kappa shape index (κ1) is 20.0. The fourth-order valence-corrected chi connectivity index (χ4v) is 3.98. The van der Waals surface area contributed by atoms with Crippen LogP contribution in [-0.2, 0) is 15.3 Å². The van der Waals surface area contributed by atoms with E-state index in [1.165, 1.54) is 18.9 Å². The second kappa shape index (κ2) is 7.71. The van der Waals surface area contributed by atoms with E-state index in [2.05, 4.69) is 9.72 Å². The van der Waals surface area contributed by atoms with E-state index in [0.29, 0.717) is 16.7 Å². The maximum atomic E-state index is 12.1. The summed E-state index contributed by atoms with van der Waals surface area (Å²) in [5.74, 6) is -0.349. The highest BCUT2D eigenvalue weighted by Gasteiger charge is 2.35. The van der Waals surface area contributed by atoms with Gasteiger partial charge in [0, 0.05) is 0 Å². The fourth-order valence-electron chi connectivity index (χ4n) is 3.04. The number of carbonyl (C=O) groups is 2. The van der Waals surface area contributed by atoms with Crippen LogP contribution in [0.5, 0.6) is 0 Å². The number of hydrogen-bond acceptors (Lipinski definition) is 6. The SMILES string of the molecule is COC(=O)c1ccc(CSc2nc3ccccc3n2C(C(=O)O)C(C)(C)C)o1. The lowest BCUT2D eigenvalue weighted by Gasteiger charge is -2.29. The number of esters is 1. The van der Waals surface area contributed by atoms with Crippen LogP contribution in [0.3, 0.4) is 0 Å². The molecule has 7 nitrogen and oxygen atoms in total. The number of aliphatic carboxylic acids is 1. The molecule has 0 fully saturated rings. The molecule has 3 rings (SSSR count). The summed E-state index contributed by atoms with van der Waals surface area (Å²) in [6, 6.07) is 9.94. The van der Waals surface area contributed by atoms with E-state index in [1.807, 2.05) is 45.0 Å². The Labute approximate surface area is 166 Å². The van der Waals surface area contributed by atoms with Gasteiger partial charge in [-0.25, -0.2) is 14.6 Å². The van der Waals surface area contributed by atoms with Crippen molar-refractivity contribution in [1.82, 2.24) is 9.55 Å². The van der Waals surface area contributed by atoms with Crippen molar-refractivity contribution in [3.8, 4) is 0 Å². The number of aromatic nitrogens is 2. The summed E-state index contributed by atoms with van der Waals surface area (Å²) < 4.78 is 11.9. The van der Waals surface area contributed by atoms with Crippen molar-refractivity contribution >= 4 is 34.7 Å². The van der Waals surface area contributed by atoms with Crippen LogP contribution >= 0.6 is 11.8 Å². The van der Waals surface area contributed by atoms with E-state index >= 15 is 0 Å². The fraction of sp³-hybridized carbons (Fsp3) is 0.350. The van der Waals surface area contributed by atoms with Gasteiger partial charge in [-0.3, -0.25) is 0 Å². The molecule has 3 aromatic rings. The van der Waals surface area contributed by atoms with Crippen molar-refractivity contribution in [2.75, 3.05) is 7.11 Å². The molecule has 8 heteroatoms. The summed E-state index contributed by atoms with van der Waals surface area (Å²) in [6.07, 6.45) is 0. The number of para-hydroxylation sites is 2. The lowest BCUT2D eigenvalue weighted by molar-refractivity contribution is -0.144. The number of fused-ring (bicyclic) bond motifs is 1. The van der Waals surface area contributed by atoms with Crippen LogP contribution < -0.4 is 0 Å². The summed E-state index contributed by atoms with van der Waals surface area (Å²) in [4.78, 5) is 28.3. The quantitative estimate of drug-likeness (QED) is 0.483. The topological polar surface area (TPSA) is 94.6 Å². The Morgan fingerprint density at radius 1 is 1.25 bits per heavy atom. The lowest BCUT2D eigenvalue weighted by Crippen LogP contribution is -2.31. The van der Waals surface area contributed by atoms with E-state index in [1.54, 1.807) is 16.7 Å². The predicted molar refractivity (Wildman–Crippen MR) is 105 cm³/mol. The monoisotopic (exact) mass is 402 g/mol. The Morgan fingerprint density at radius 3 is 2.61 bits per heavy atom. The summed E-state index contributed by atoms with van der Waals surface area (Å²) in [6.45, 7) is 5.68. The summed E-state index contributed by atoms with van der Waals surface area (Å²) in [7, 11) is 1.29. The zero-order chi connectivity index (χ0) is 20.5. The first-order valence-corrected chi connectivity index (χ1v) is 9.70. The Balaban J connectivity index is 1.98. The molecule has 28 heavy (non-hydrogen) atoms. The van der Waals surface area contributed by atoms with Gasteiger partial charge in [0.15, 0.2) is 5.16 Å². The molecular formula is C20H22N2O5S. The maximum Gasteiger partial charge on any atom is 0.373 e. The molecular weight excluding hydrogens is 380 g/mol. The zero-order valence-electron chi connectivity index (χ0n) is 16.1. The Kier molecular flexibility index (Phi) is 5.51. The lowest BCUT2D eigenvalue weighted by atomic mass is 9.86. The number of ether oxygens (including phenoxy) is 1. The highest BCUT2D eigenvalue weighted by atomic mass is 32.2. The largest absolute Gasteiger partial charge is 0.480 e. The number of methoxy groups -OCH3 is 1. The molecule has 1 atom stereocenters. The van der Waals surface area contributed by atoms with Gasteiger partial charge in [-0.1, -0.05) is 44.7 Å². The summed E-state index contributed by atoms with van der Waals surface area (Å²) in [5.41, 5.74) is 0.977. The van der Waals surface area contributed by atoms with Crippen molar-refractivity contribution in [3.63, 3.8) is 0 Å². The van der Waals surface area contributed by atoms with E-state index in [0.717, 1.165) is 11.0 Å². The number of thioether (sulfide) groups is 1. The molecule has 0 bridgehead atoms. The third-order valence-electron chi connectivity index (χ3n) is 4.27. The van der Waals surface area contributed by atoms with Crippen LogP contribution in [0.4, 0.5) is 0 Å². The predicted octanol–water partition coefficient (Wildman–Crippen LogP) is 4.38. The standard InChI is InChI=1S/C20H22N2O5S/c1-20(2,3)16(17(23)24)22-14-8-6-5-7-13(14)21-19(22)28-11-12-9-10-15(27-12)18(25)26-4/h5-10,16H,11H2,1-4H3,(H,23,24). The number of carboxylic acids is 1. The summed E-state index contributed by atoms with van der Waals surface area (Å²) in [5, 5.41) is 10.5. The molecule has 2 aromatic heterocycles. The molecule has 0 aliphatic heterocycles. The van der Waals surface area contributed by atoms with Gasteiger partial charge >= 0.3 is 11.9 Å². The van der Waals surface area contributed by atoms with Gasteiger partial charge in [0.2, 0.25) is 5.76 Å². The van der Waals surface area contributed by atoms with E-state index in [9.17, 15) is 14.7 Å². The molecule has 0 aliphatic rings. The smallest absolute Gasteiger partial charge is 0.373 e. The average molecular weight is 402 g/mol. The molecule has 0 aliphatic carbocycles. The van der Waals surface area contributed by atoms with E-state index in [4.69, 9.17) is 4.42 Å². The molecule has 0 saturated heterocycles. The minimum Gasteiger partial charge on any atom is -0.480 e. The van der Waals surface area contributed by atoms with Gasteiger partial charge in [-0.15, -0.1) is 0 Å². The van der Waals surface area contributed by atoms with Gasteiger partial charge in [0.05, 0.1) is 23.9 Å². The zero-order valence-corrected chi connectivity index (χ0v) is 16.9. The third-order valence-corrected chi connectivity index (χ3v) is 5.24. The van der Waals surface area contributed by atoms with Crippen molar-refractivity contribution in [3.05, 3.63) is 47.9 Å². The number of carboxylic acid groups (broad SMARTS) is 1. The number of rotatable bonds is 6. The minimum absolute atomic E-state index is 0.129. The van der Waals surface area contributed by atoms with Gasteiger partial charge in [-0.05, 0) is 29.7 Å². The van der Waals surface area contributed by atoms with Crippen LogP contribution in [0.25, 0.3) is 11.0 Å². The first-order valence-electron chi connectivity index (χ1n) is 8.72. The minimum atomic E-state index is -0.913. The highest BCUT2D eigenvalue weighted by molar-refractivity contribution is 7.98. The number of imidazole rings is 1. The van der Waals surface area contributed by atoms with Crippen LogP contribution in [0.1, 0.15) is 43.1 Å². The molecule has 0 amide bonds. The van der Waals surface area contributed by atoms with Crippen molar-refractivity contribution in [2.45, 2.75) is 37.7 Å². The van der Waals surface area contributed by atoms with Crippen LogP contribution in [0.15, 0.2) is 46.0 Å². The molecule has 1 N–H and O–H groups in total. The molecule has 0 spiro atoms. The molecule has 0 saturated carbocycles. The summed E-state index contributed by atoms with van der Waals surface area (Å²) >= 11 is 1.36. The molecule has 148 valence electrons. The number of furan rings is 1. The van der Waals surface area contributed by atoms with Crippen molar-refractivity contribution in [1.29, 1.82) is 0 Å².